The van der Waals surface area contributed by atoms with Crippen LogP contribution in [0.4, 0.5) is 5.69 Å². The summed E-state index contributed by atoms with van der Waals surface area (Å²) >= 11 is 0. The number of nitrogens with zero attached hydrogens (tertiary/aromatic N) is 3. The number of aryl methyl sites for hydroxylation is 1. The maximum absolute atomic E-state index is 13.0. The zero-order valence-corrected chi connectivity index (χ0v) is 18.5. The molecule has 2 aliphatic rings. The van der Waals surface area contributed by atoms with Gasteiger partial charge in [-0.25, -0.2) is 0 Å². The molecule has 1 N–H and O–H groups in total. The topological polar surface area (TPSA) is 66.8 Å². The number of para-hydroxylation sites is 1. The second-order valence-electron chi connectivity index (χ2n) is 8.68. The van der Waals surface area contributed by atoms with Gasteiger partial charge in [-0.05, 0) is 31.2 Å². The van der Waals surface area contributed by atoms with E-state index >= 15 is 0 Å². The largest absolute Gasteiger partial charge is 0.379 e. The zero-order valence-electron chi connectivity index (χ0n) is 18.5. The minimum absolute atomic E-state index is 0.0693. The van der Waals surface area contributed by atoms with Gasteiger partial charge in [0, 0.05) is 73.2 Å². The number of morpholine rings is 1. The highest BCUT2D eigenvalue weighted by atomic mass is 16.5. The third kappa shape index (κ3) is 3.98. The Balaban J connectivity index is 1.26. The molecule has 3 heterocycles. The van der Waals surface area contributed by atoms with Crippen LogP contribution in [0.2, 0.25) is 0 Å². The molecule has 7 nitrogen and oxygen atoms in total. The Morgan fingerprint density at radius 1 is 1.06 bits per heavy atom. The third-order valence-electron chi connectivity index (χ3n) is 6.73. The van der Waals surface area contributed by atoms with Crippen molar-refractivity contribution in [2.24, 2.45) is 5.92 Å². The van der Waals surface area contributed by atoms with Crippen molar-refractivity contribution in [2.45, 2.75) is 19.9 Å². The van der Waals surface area contributed by atoms with Crippen LogP contribution in [0.1, 0.15) is 13.3 Å². The van der Waals surface area contributed by atoms with Crippen molar-refractivity contribution >= 4 is 39.3 Å². The first kappa shape index (κ1) is 21.0. The molecule has 2 aromatic carbocycles. The first-order valence-electron chi connectivity index (χ1n) is 11.5. The van der Waals surface area contributed by atoms with E-state index < -0.39 is 0 Å². The van der Waals surface area contributed by atoms with Crippen LogP contribution in [0.25, 0.3) is 21.8 Å². The molecule has 0 bridgehead atoms. The van der Waals surface area contributed by atoms with Crippen LogP contribution >= 0.6 is 0 Å². The van der Waals surface area contributed by atoms with Gasteiger partial charge in [0.25, 0.3) is 0 Å². The summed E-state index contributed by atoms with van der Waals surface area (Å²) < 4.78 is 7.67. The van der Waals surface area contributed by atoms with Crippen molar-refractivity contribution in [2.75, 3.05) is 51.3 Å². The molecular formula is C25H30N4O3. The predicted molar refractivity (Wildman–Crippen MR) is 126 cm³/mol. The van der Waals surface area contributed by atoms with Gasteiger partial charge < -0.3 is 19.5 Å². The van der Waals surface area contributed by atoms with E-state index in [1.54, 1.807) is 0 Å². The minimum Gasteiger partial charge on any atom is -0.379 e. The standard InChI is InChI=1S/C25H30N4O3/c1-2-29-22-6-4-3-5-20(22)21-16-19(7-8-23(21)29)26-25(31)18-15-24(30)28(17-18)10-9-27-11-13-32-14-12-27/h3-8,16,18H,2,9-15,17H2,1H3,(H,26,31)/t18-/m1/s1. The Kier molecular flexibility index (Phi) is 5.85. The number of amides is 2. The van der Waals surface area contributed by atoms with Crippen molar-refractivity contribution in [1.82, 2.24) is 14.4 Å². The van der Waals surface area contributed by atoms with Crippen LogP contribution in [0.5, 0.6) is 0 Å². The summed E-state index contributed by atoms with van der Waals surface area (Å²) in [5.41, 5.74) is 3.14. The van der Waals surface area contributed by atoms with E-state index in [1.165, 1.54) is 10.9 Å². The van der Waals surface area contributed by atoms with E-state index in [0.29, 0.717) is 13.1 Å². The highest BCUT2D eigenvalue weighted by Crippen LogP contribution is 2.31. The van der Waals surface area contributed by atoms with E-state index in [4.69, 9.17) is 4.74 Å². The van der Waals surface area contributed by atoms with Crippen molar-refractivity contribution < 1.29 is 14.3 Å². The van der Waals surface area contributed by atoms with Crippen LogP contribution in [-0.2, 0) is 20.9 Å². The van der Waals surface area contributed by atoms with E-state index in [-0.39, 0.29) is 24.2 Å². The molecule has 32 heavy (non-hydrogen) atoms. The number of fused-ring (bicyclic) bond motifs is 3. The molecule has 2 amide bonds. The highest BCUT2D eigenvalue weighted by Gasteiger charge is 2.34. The number of carbonyl (C=O) groups excluding carboxylic acids is 2. The molecule has 1 aromatic heterocycles. The van der Waals surface area contributed by atoms with Gasteiger partial charge in [-0.3, -0.25) is 14.5 Å². The summed E-state index contributed by atoms with van der Waals surface area (Å²) in [5, 5.41) is 5.38. The fourth-order valence-electron chi connectivity index (χ4n) is 4.97. The summed E-state index contributed by atoms with van der Waals surface area (Å²) in [4.78, 5) is 29.6. The molecule has 5 rings (SSSR count). The maximum atomic E-state index is 13.0. The number of aromatic nitrogens is 1. The molecule has 0 aliphatic carbocycles. The first-order chi connectivity index (χ1) is 15.6. The Bertz CT molecular complexity index is 1150. The third-order valence-corrected chi connectivity index (χ3v) is 6.73. The summed E-state index contributed by atoms with van der Waals surface area (Å²) in [6.45, 7) is 8.34. The van der Waals surface area contributed by atoms with Crippen molar-refractivity contribution in [1.29, 1.82) is 0 Å². The smallest absolute Gasteiger partial charge is 0.229 e. The van der Waals surface area contributed by atoms with Gasteiger partial charge in [0.2, 0.25) is 11.8 Å². The van der Waals surface area contributed by atoms with Gasteiger partial charge >= 0.3 is 0 Å². The highest BCUT2D eigenvalue weighted by molar-refractivity contribution is 6.10. The normalized spacial score (nSPS) is 19.8. The van der Waals surface area contributed by atoms with Gasteiger partial charge in [-0.2, -0.15) is 0 Å². The van der Waals surface area contributed by atoms with Crippen LogP contribution < -0.4 is 5.32 Å². The van der Waals surface area contributed by atoms with Gasteiger partial charge in [0.05, 0.1) is 19.1 Å². The Hall–Kier alpha value is -2.90. The van der Waals surface area contributed by atoms with Crippen LogP contribution in [0.15, 0.2) is 42.5 Å². The van der Waals surface area contributed by atoms with Crippen molar-refractivity contribution in [3.8, 4) is 0 Å². The van der Waals surface area contributed by atoms with E-state index in [9.17, 15) is 9.59 Å². The summed E-state index contributed by atoms with van der Waals surface area (Å²) in [5.74, 6) is -0.314. The van der Waals surface area contributed by atoms with Crippen LogP contribution in [0, 0.1) is 5.92 Å². The molecule has 0 spiro atoms. The lowest BCUT2D eigenvalue weighted by atomic mass is 10.1. The number of nitrogens with one attached hydrogen (secondary N) is 1. The fraction of sp³-hybridized carbons (Fsp3) is 0.440. The van der Waals surface area contributed by atoms with Crippen LogP contribution in [-0.4, -0.2) is 72.1 Å². The predicted octanol–water partition coefficient (Wildman–Crippen LogP) is 2.93. The summed E-state index contributed by atoms with van der Waals surface area (Å²) in [6.07, 6.45) is 0.284. The Morgan fingerprint density at radius 3 is 2.66 bits per heavy atom. The first-order valence-corrected chi connectivity index (χ1v) is 11.5. The SMILES string of the molecule is CCn1c2ccccc2c2cc(NC(=O)[C@@H]3CC(=O)N(CCN4CCOCC4)C3)ccc21. The molecule has 2 aliphatic heterocycles. The lowest BCUT2D eigenvalue weighted by Gasteiger charge is -2.28. The van der Waals surface area contributed by atoms with Crippen molar-refractivity contribution in [3.63, 3.8) is 0 Å². The maximum Gasteiger partial charge on any atom is 0.229 e. The van der Waals surface area contributed by atoms with E-state index in [1.807, 2.05) is 17.0 Å². The number of rotatable bonds is 6. The number of ether oxygens (including phenoxy) is 1. The lowest BCUT2D eigenvalue weighted by Crippen LogP contribution is -2.42. The lowest BCUT2D eigenvalue weighted by molar-refractivity contribution is -0.128. The molecule has 168 valence electrons. The second-order valence-corrected chi connectivity index (χ2v) is 8.68. The Labute approximate surface area is 187 Å². The molecular weight excluding hydrogens is 404 g/mol. The van der Waals surface area contributed by atoms with Crippen LogP contribution in [0.3, 0.4) is 0 Å². The second kappa shape index (κ2) is 8.92. The molecule has 0 radical (unpaired) electrons. The van der Waals surface area contributed by atoms with Gasteiger partial charge in [0.1, 0.15) is 0 Å². The molecule has 7 heteroatoms. The summed E-state index contributed by atoms with van der Waals surface area (Å²) in [6, 6.07) is 14.4. The fourth-order valence-corrected chi connectivity index (χ4v) is 4.97. The number of benzene rings is 2. The Morgan fingerprint density at radius 2 is 1.84 bits per heavy atom. The van der Waals surface area contributed by atoms with Gasteiger partial charge in [-0.1, -0.05) is 18.2 Å². The van der Waals surface area contributed by atoms with E-state index in [0.717, 1.165) is 56.0 Å². The average Bonchev–Trinajstić information content (AvgIpc) is 3.35. The molecule has 0 unspecified atom stereocenters. The number of likely N-dealkylation sites (tertiary alicyclic amines) is 1. The number of hydrogen-bond donors (Lipinski definition) is 1. The molecule has 3 aromatic rings. The minimum atomic E-state index is -0.306. The monoisotopic (exact) mass is 434 g/mol. The molecule has 2 saturated heterocycles. The average molecular weight is 435 g/mol. The van der Waals surface area contributed by atoms with Gasteiger partial charge in [0.15, 0.2) is 0 Å². The molecule has 1 atom stereocenters. The zero-order chi connectivity index (χ0) is 22.1. The number of carbonyl (C=O) groups is 2. The van der Waals surface area contributed by atoms with Gasteiger partial charge in [-0.15, -0.1) is 0 Å². The van der Waals surface area contributed by atoms with Crippen molar-refractivity contribution in [3.05, 3.63) is 42.5 Å². The van der Waals surface area contributed by atoms with E-state index in [2.05, 4.69) is 52.0 Å². The quantitative estimate of drug-likeness (QED) is 0.648. The number of hydrogen-bond acceptors (Lipinski definition) is 4. The number of anilines is 1. The molecule has 2 fully saturated rings. The molecule has 0 saturated carbocycles. The summed E-state index contributed by atoms with van der Waals surface area (Å²) in [7, 11) is 0.